The quantitative estimate of drug-likeness (QED) is 0.849. The molecule has 2 fully saturated rings. The molecule has 2 saturated carbocycles. The molecule has 0 amide bonds. The van der Waals surface area contributed by atoms with E-state index in [0.29, 0.717) is 12.5 Å². The van der Waals surface area contributed by atoms with Crippen molar-refractivity contribution in [3.8, 4) is 0 Å². The fourth-order valence-electron chi connectivity index (χ4n) is 3.76. The van der Waals surface area contributed by atoms with Gasteiger partial charge in [-0.15, -0.1) is 0 Å². The van der Waals surface area contributed by atoms with Crippen molar-refractivity contribution in [2.45, 2.75) is 38.1 Å². The van der Waals surface area contributed by atoms with E-state index in [0.717, 1.165) is 22.9 Å². The summed E-state index contributed by atoms with van der Waals surface area (Å²) in [5.74, 6) is 3.75. The van der Waals surface area contributed by atoms with Crippen molar-refractivity contribution in [3.63, 3.8) is 0 Å². The average molecular weight is 241 g/mol. The van der Waals surface area contributed by atoms with Crippen LogP contribution in [0, 0.1) is 11.8 Å². The van der Waals surface area contributed by atoms with Gasteiger partial charge in [0, 0.05) is 12.5 Å². The third-order valence-electron chi connectivity index (χ3n) is 4.77. The van der Waals surface area contributed by atoms with E-state index in [1.165, 1.54) is 37.1 Å². The molecule has 0 aliphatic heterocycles. The SMILES string of the molecule is NCc1ccc2nc(C3C4CCCCC43)[nH]c2c1. The van der Waals surface area contributed by atoms with E-state index >= 15 is 0 Å². The molecular formula is C15H19N3. The van der Waals surface area contributed by atoms with Gasteiger partial charge in [0.15, 0.2) is 0 Å². The van der Waals surface area contributed by atoms with Gasteiger partial charge in [0.25, 0.3) is 0 Å². The van der Waals surface area contributed by atoms with Gasteiger partial charge in [0.2, 0.25) is 0 Å². The molecule has 2 aromatic rings. The summed E-state index contributed by atoms with van der Waals surface area (Å²) in [7, 11) is 0. The van der Waals surface area contributed by atoms with Crippen molar-refractivity contribution in [2.75, 3.05) is 0 Å². The van der Waals surface area contributed by atoms with Crippen molar-refractivity contribution < 1.29 is 0 Å². The molecule has 2 unspecified atom stereocenters. The van der Waals surface area contributed by atoms with Crippen LogP contribution in [0.15, 0.2) is 18.2 Å². The van der Waals surface area contributed by atoms with Gasteiger partial charge in [-0.1, -0.05) is 18.9 Å². The van der Waals surface area contributed by atoms with Gasteiger partial charge in [0.1, 0.15) is 5.82 Å². The van der Waals surface area contributed by atoms with Crippen LogP contribution in [0.1, 0.15) is 43.0 Å². The monoisotopic (exact) mass is 241 g/mol. The number of benzene rings is 1. The summed E-state index contributed by atoms with van der Waals surface area (Å²) in [5.41, 5.74) is 9.09. The first-order valence-corrected chi connectivity index (χ1v) is 7.05. The number of H-pyrrole nitrogens is 1. The van der Waals surface area contributed by atoms with Crippen LogP contribution in [-0.2, 0) is 6.54 Å². The Bertz CT molecular complexity index is 574. The van der Waals surface area contributed by atoms with E-state index in [2.05, 4.69) is 23.2 Å². The zero-order chi connectivity index (χ0) is 12.1. The topological polar surface area (TPSA) is 54.7 Å². The molecule has 94 valence electrons. The molecule has 0 spiro atoms. The first-order valence-electron chi connectivity index (χ1n) is 7.05. The molecule has 2 aliphatic carbocycles. The van der Waals surface area contributed by atoms with E-state index in [1.54, 1.807) is 0 Å². The smallest absolute Gasteiger partial charge is 0.110 e. The number of rotatable bonds is 2. The zero-order valence-electron chi connectivity index (χ0n) is 10.5. The van der Waals surface area contributed by atoms with Crippen LogP contribution in [0.2, 0.25) is 0 Å². The molecule has 3 N–H and O–H groups in total. The summed E-state index contributed by atoms with van der Waals surface area (Å²) in [6.07, 6.45) is 5.63. The number of hydrogen-bond acceptors (Lipinski definition) is 2. The van der Waals surface area contributed by atoms with Crippen molar-refractivity contribution in [3.05, 3.63) is 29.6 Å². The minimum absolute atomic E-state index is 0.596. The Morgan fingerprint density at radius 3 is 2.72 bits per heavy atom. The van der Waals surface area contributed by atoms with E-state index in [-0.39, 0.29) is 0 Å². The van der Waals surface area contributed by atoms with Crippen LogP contribution >= 0.6 is 0 Å². The lowest BCUT2D eigenvalue weighted by Gasteiger charge is -2.04. The Morgan fingerprint density at radius 1 is 1.22 bits per heavy atom. The van der Waals surface area contributed by atoms with Crippen LogP contribution in [0.25, 0.3) is 11.0 Å². The fourth-order valence-corrected chi connectivity index (χ4v) is 3.76. The molecule has 0 saturated heterocycles. The molecule has 1 aromatic heterocycles. The van der Waals surface area contributed by atoms with E-state index < -0.39 is 0 Å². The normalized spacial score (nSPS) is 30.4. The highest BCUT2D eigenvalue weighted by Crippen LogP contribution is 2.60. The molecule has 0 radical (unpaired) electrons. The first-order chi connectivity index (χ1) is 8.86. The van der Waals surface area contributed by atoms with Crippen LogP contribution in [0.4, 0.5) is 0 Å². The minimum Gasteiger partial charge on any atom is -0.342 e. The number of fused-ring (bicyclic) bond motifs is 2. The maximum absolute atomic E-state index is 5.68. The standard InChI is InChI=1S/C15H19N3/c16-8-9-5-6-12-13(7-9)18-15(17-12)14-10-3-1-2-4-11(10)14/h5-7,10-11,14H,1-4,8,16H2,(H,17,18). The van der Waals surface area contributed by atoms with Crippen molar-refractivity contribution in [2.24, 2.45) is 17.6 Å². The van der Waals surface area contributed by atoms with Gasteiger partial charge >= 0.3 is 0 Å². The molecule has 3 nitrogen and oxygen atoms in total. The lowest BCUT2D eigenvalue weighted by atomic mass is 10.0. The number of hydrogen-bond donors (Lipinski definition) is 2. The van der Waals surface area contributed by atoms with Crippen LogP contribution in [0.5, 0.6) is 0 Å². The highest BCUT2D eigenvalue weighted by molar-refractivity contribution is 5.76. The van der Waals surface area contributed by atoms with Gasteiger partial charge in [-0.25, -0.2) is 4.98 Å². The molecule has 3 heteroatoms. The molecule has 18 heavy (non-hydrogen) atoms. The molecule has 2 aliphatic rings. The van der Waals surface area contributed by atoms with Crippen molar-refractivity contribution in [1.82, 2.24) is 9.97 Å². The van der Waals surface area contributed by atoms with Gasteiger partial charge in [-0.05, 0) is 42.4 Å². The fraction of sp³-hybridized carbons (Fsp3) is 0.533. The Labute approximate surface area is 107 Å². The van der Waals surface area contributed by atoms with Gasteiger partial charge < -0.3 is 10.7 Å². The summed E-state index contributed by atoms with van der Waals surface area (Å²) >= 11 is 0. The third kappa shape index (κ3) is 1.50. The van der Waals surface area contributed by atoms with Crippen LogP contribution in [0.3, 0.4) is 0 Å². The maximum Gasteiger partial charge on any atom is 0.110 e. The third-order valence-corrected chi connectivity index (χ3v) is 4.77. The van der Waals surface area contributed by atoms with Gasteiger partial charge in [0.05, 0.1) is 11.0 Å². The first kappa shape index (κ1) is 10.6. The second kappa shape index (κ2) is 3.82. The second-order valence-corrected chi connectivity index (χ2v) is 5.82. The Balaban J connectivity index is 1.69. The number of nitrogens with one attached hydrogen (secondary N) is 1. The van der Waals surface area contributed by atoms with E-state index in [1.807, 2.05) is 0 Å². The summed E-state index contributed by atoms with van der Waals surface area (Å²) in [6, 6.07) is 6.30. The van der Waals surface area contributed by atoms with Crippen molar-refractivity contribution >= 4 is 11.0 Å². The highest BCUT2D eigenvalue weighted by atomic mass is 14.9. The summed E-state index contributed by atoms with van der Waals surface area (Å²) in [4.78, 5) is 8.30. The summed E-state index contributed by atoms with van der Waals surface area (Å²) in [5, 5.41) is 0. The maximum atomic E-state index is 5.68. The van der Waals surface area contributed by atoms with Gasteiger partial charge in [-0.2, -0.15) is 0 Å². The Morgan fingerprint density at radius 2 is 2.00 bits per heavy atom. The average Bonchev–Trinajstić information content (AvgIpc) is 3.00. The summed E-state index contributed by atoms with van der Waals surface area (Å²) < 4.78 is 0. The predicted octanol–water partition coefficient (Wildman–Crippen LogP) is 2.93. The van der Waals surface area contributed by atoms with E-state index in [4.69, 9.17) is 10.7 Å². The second-order valence-electron chi connectivity index (χ2n) is 5.82. The molecular weight excluding hydrogens is 222 g/mol. The molecule has 1 heterocycles. The number of aromatic amines is 1. The Kier molecular flexibility index (Phi) is 2.24. The number of aromatic nitrogens is 2. The van der Waals surface area contributed by atoms with Crippen LogP contribution < -0.4 is 5.73 Å². The lowest BCUT2D eigenvalue weighted by molar-refractivity contribution is 0.480. The minimum atomic E-state index is 0.596. The molecule has 4 rings (SSSR count). The molecule has 0 bridgehead atoms. The number of imidazole rings is 1. The number of nitrogens with two attached hydrogens (primary N) is 1. The van der Waals surface area contributed by atoms with Crippen molar-refractivity contribution in [1.29, 1.82) is 0 Å². The largest absolute Gasteiger partial charge is 0.342 e. The Hall–Kier alpha value is -1.35. The number of nitrogens with zero attached hydrogens (tertiary/aromatic N) is 1. The lowest BCUT2D eigenvalue weighted by Crippen LogP contribution is -1.95. The highest BCUT2D eigenvalue weighted by Gasteiger charge is 2.52. The van der Waals surface area contributed by atoms with Gasteiger partial charge in [-0.3, -0.25) is 0 Å². The predicted molar refractivity (Wildman–Crippen MR) is 72.2 cm³/mol. The molecule has 2 atom stereocenters. The van der Waals surface area contributed by atoms with Crippen LogP contribution in [-0.4, -0.2) is 9.97 Å². The van der Waals surface area contributed by atoms with E-state index in [9.17, 15) is 0 Å². The molecule has 1 aromatic carbocycles. The zero-order valence-corrected chi connectivity index (χ0v) is 10.5. The summed E-state index contributed by atoms with van der Waals surface area (Å²) in [6.45, 7) is 0.596.